The van der Waals surface area contributed by atoms with Gasteiger partial charge in [-0.15, -0.1) is 0 Å². The summed E-state index contributed by atoms with van der Waals surface area (Å²) in [6.45, 7) is 0. The molecule has 0 saturated carbocycles. The quantitative estimate of drug-likeness (QED) is 0.862. The van der Waals surface area contributed by atoms with Gasteiger partial charge in [-0.05, 0) is 24.3 Å². The van der Waals surface area contributed by atoms with Crippen LogP contribution in [0.25, 0.3) is 0 Å². The fraction of sp³-hybridized carbons (Fsp3) is 0. The highest BCUT2D eigenvalue weighted by Gasteiger charge is 2.10. The number of nitrogens with one attached hydrogen (secondary N) is 1. The number of rotatable bonds is 2. The summed E-state index contributed by atoms with van der Waals surface area (Å²) in [6, 6.07) is 11.5. The predicted molar refractivity (Wildman–Crippen MR) is 70.9 cm³/mol. The number of nitriles is 1. The second-order valence-corrected chi connectivity index (χ2v) is 4.31. The Balaban J connectivity index is 2.44. The molecule has 2 rings (SSSR count). The van der Waals surface area contributed by atoms with Crippen LogP contribution in [0, 0.1) is 17.1 Å². The van der Waals surface area contributed by atoms with Crippen LogP contribution in [0.2, 0.25) is 10.0 Å². The van der Waals surface area contributed by atoms with Crippen LogP contribution < -0.4 is 5.32 Å². The maximum atomic E-state index is 13.7. The van der Waals surface area contributed by atoms with Crippen LogP contribution in [0.3, 0.4) is 0 Å². The van der Waals surface area contributed by atoms with Gasteiger partial charge in [0.1, 0.15) is 6.07 Å². The van der Waals surface area contributed by atoms with Crippen molar-refractivity contribution in [2.75, 3.05) is 5.32 Å². The fourth-order valence-corrected chi connectivity index (χ4v) is 1.88. The second kappa shape index (κ2) is 5.26. The predicted octanol–water partition coefficient (Wildman–Crippen LogP) is 4.75. The first kappa shape index (κ1) is 12.7. The normalized spacial score (nSPS) is 9.89. The lowest BCUT2D eigenvalue weighted by molar-refractivity contribution is 0.632. The third-order valence-corrected chi connectivity index (χ3v) is 2.95. The van der Waals surface area contributed by atoms with Crippen molar-refractivity contribution in [3.63, 3.8) is 0 Å². The van der Waals surface area contributed by atoms with E-state index in [0.29, 0.717) is 10.7 Å². The van der Waals surface area contributed by atoms with Gasteiger partial charge in [-0.2, -0.15) is 5.26 Å². The van der Waals surface area contributed by atoms with Crippen LogP contribution in [-0.2, 0) is 0 Å². The molecule has 0 aromatic heterocycles. The highest BCUT2D eigenvalue weighted by molar-refractivity contribution is 6.32. The van der Waals surface area contributed by atoms with Gasteiger partial charge in [-0.3, -0.25) is 0 Å². The van der Waals surface area contributed by atoms with Crippen molar-refractivity contribution in [2.24, 2.45) is 0 Å². The maximum absolute atomic E-state index is 13.7. The molecule has 90 valence electrons. The van der Waals surface area contributed by atoms with Crippen LogP contribution >= 0.6 is 23.2 Å². The highest BCUT2D eigenvalue weighted by atomic mass is 35.5. The summed E-state index contributed by atoms with van der Waals surface area (Å²) in [5.41, 5.74) is 0.894. The summed E-state index contributed by atoms with van der Waals surface area (Å²) < 4.78 is 13.7. The van der Waals surface area contributed by atoms with Gasteiger partial charge in [0.05, 0.1) is 27.0 Å². The summed E-state index contributed by atoms with van der Waals surface area (Å²) in [4.78, 5) is 0. The van der Waals surface area contributed by atoms with E-state index in [1.165, 1.54) is 12.1 Å². The van der Waals surface area contributed by atoms with Crippen LogP contribution in [0.5, 0.6) is 0 Å². The molecule has 0 aliphatic rings. The number of benzene rings is 2. The van der Waals surface area contributed by atoms with E-state index in [-0.39, 0.29) is 16.3 Å². The zero-order valence-electron chi connectivity index (χ0n) is 9.05. The largest absolute Gasteiger partial charge is 0.352 e. The molecule has 1 N–H and O–H groups in total. The van der Waals surface area contributed by atoms with Gasteiger partial charge in [0.25, 0.3) is 0 Å². The van der Waals surface area contributed by atoms with Crippen molar-refractivity contribution in [3.05, 3.63) is 57.8 Å². The van der Waals surface area contributed by atoms with E-state index in [9.17, 15) is 4.39 Å². The van der Waals surface area contributed by atoms with E-state index in [1.807, 2.05) is 6.07 Å². The summed E-state index contributed by atoms with van der Waals surface area (Å²) in [6.07, 6.45) is 0. The Morgan fingerprint density at radius 3 is 2.28 bits per heavy atom. The molecule has 0 radical (unpaired) electrons. The van der Waals surface area contributed by atoms with Crippen LogP contribution in [-0.4, -0.2) is 0 Å². The summed E-state index contributed by atoms with van der Waals surface area (Å²) in [7, 11) is 0. The number of nitrogens with zero attached hydrogens (tertiary/aromatic N) is 1. The van der Waals surface area contributed by atoms with Gasteiger partial charge in [-0.25, -0.2) is 4.39 Å². The topological polar surface area (TPSA) is 35.8 Å². The van der Waals surface area contributed by atoms with Crippen LogP contribution in [0.15, 0.2) is 36.4 Å². The summed E-state index contributed by atoms with van der Waals surface area (Å²) >= 11 is 11.6. The Labute approximate surface area is 114 Å². The second-order valence-electron chi connectivity index (χ2n) is 3.50. The van der Waals surface area contributed by atoms with Crippen LogP contribution in [0.4, 0.5) is 15.8 Å². The van der Waals surface area contributed by atoms with E-state index < -0.39 is 5.82 Å². The Morgan fingerprint density at radius 2 is 1.61 bits per heavy atom. The number of anilines is 2. The van der Waals surface area contributed by atoms with Crippen molar-refractivity contribution in [2.45, 2.75) is 0 Å². The summed E-state index contributed by atoms with van der Waals surface area (Å²) in [5.74, 6) is -0.567. The van der Waals surface area contributed by atoms with Crippen molar-refractivity contribution in [1.29, 1.82) is 5.26 Å². The minimum atomic E-state index is -0.567. The van der Waals surface area contributed by atoms with Gasteiger partial charge in [0, 0.05) is 0 Å². The van der Waals surface area contributed by atoms with Gasteiger partial charge >= 0.3 is 0 Å². The first-order valence-electron chi connectivity index (χ1n) is 5.03. The highest BCUT2D eigenvalue weighted by Crippen LogP contribution is 2.29. The van der Waals surface area contributed by atoms with Crippen LogP contribution in [0.1, 0.15) is 5.56 Å². The van der Waals surface area contributed by atoms with Gasteiger partial charge in [0.15, 0.2) is 5.82 Å². The average Bonchev–Trinajstić information content (AvgIpc) is 2.35. The zero-order chi connectivity index (χ0) is 13.1. The molecule has 0 aliphatic heterocycles. The number of halogens is 3. The molecular formula is C13H7Cl2FN2. The van der Waals surface area contributed by atoms with Crippen molar-refractivity contribution in [1.82, 2.24) is 0 Å². The lowest BCUT2D eigenvalue weighted by Crippen LogP contribution is -1.97. The lowest BCUT2D eigenvalue weighted by Gasteiger charge is -2.10. The van der Waals surface area contributed by atoms with Crippen molar-refractivity contribution < 1.29 is 4.39 Å². The van der Waals surface area contributed by atoms with E-state index >= 15 is 0 Å². The molecule has 2 nitrogen and oxygen atoms in total. The molecule has 0 atom stereocenters. The molecule has 0 bridgehead atoms. The van der Waals surface area contributed by atoms with E-state index in [1.54, 1.807) is 24.3 Å². The smallest absolute Gasteiger partial charge is 0.165 e. The Hall–Kier alpha value is -1.76. The first-order chi connectivity index (χ1) is 8.63. The molecular weight excluding hydrogens is 274 g/mol. The minimum absolute atomic E-state index is 0.0144. The standard InChI is InChI=1S/C13H7Cl2FN2/c14-9-3-1-5-11(8(9)7-17)18-12-6-2-4-10(15)13(12)16/h1-6,18H. The molecule has 0 saturated heterocycles. The van der Waals surface area contributed by atoms with Crippen molar-refractivity contribution in [3.8, 4) is 6.07 Å². The molecule has 2 aromatic rings. The Bertz CT molecular complexity index is 635. The lowest BCUT2D eigenvalue weighted by atomic mass is 10.2. The SMILES string of the molecule is N#Cc1c(Cl)cccc1Nc1cccc(Cl)c1F. The molecule has 0 amide bonds. The van der Waals surface area contributed by atoms with Gasteiger partial charge < -0.3 is 5.32 Å². The van der Waals surface area contributed by atoms with Gasteiger partial charge in [-0.1, -0.05) is 35.3 Å². The molecule has 0 aliphatic carbocycles. The van der Waals surface area contributed by atoms with E-state index in [4.69, 9.17) is 28.5 Å². The number of hydrogen-bond donors (Lipinski definition) is 1. The molecule has 5 heteroatoms. The molecule has 18 heavy (non-hydrogen) atoms. The fourth-order valence-electron chi connectivity index (χ4n) is 1.49. The molecule has 2 aromatic carbocycles. The Kier molecular flexibility index (Phi) is 3.71. The third kappa shape index (κ3) is 2.40. The molecule has 0 spiro atoms. The summed E-state index contributed by atoms with van der Waals surface area (Å²) in [5, 5.41) is 12.1. The first-order valence-corrected chi connectivity index (χ1v) is 5.78. The third-order valence-electron chi connectivity index (χ3n) is 2.35. The van der Waals surface area contributed by atoms with Crippen molar-refractivity contribution >= 4 is 34.6 Å². The molecule has 0 unspecified atom stereocenters. The van der Waals surface area contributed by atoms with E-state index in [0.717, 1.165) is 0 Å². The molecule has 0 heterocycles. The average molecular weight is 281 g/mol. The van der Waals surface area contributed by atoms with E-state index in [2.05, 4.69) is 5.32 Å². The minimum Gasteiger partial charge on any atom is -0.352 e. The number of hydrogen-bond acceptors (Lipinski definition) is 2. The van der Waals surface area contributed by atoms with Gasteiger partial charge in [0.2, 0.25) is 0 Å². The monoisotopic (exact) mass is 280 g/mol. The maximum Gasteiger partial charge on any atom is 0.165 e. The molecule has 0 fully saturated rings. The zero-order valence-corrected chi connectivity index (χ0v) is 10.6. The Morgan fingerprint density at radius 1 is 1.00 bits per heavy atom.